The Morgan fingerprint density at radius 1 is 1.00 bits per heavy atom. The van der Waals surface area contributed by atoms with E-state index in [0.29, 0.717) is 35.5 Å². The fraction of sp³-hybridized carbons (Fsp3) is 0.217. The molecular weight excluding hydrogens is 398 g/mol. The molecule has 0 N–H and O–H groups in total. The topological polar surface area (TPSA) is 46.9 Å². The number of carbonyl (C=O) groups is 1. The van der Waals surface area contributed by atoms with Crippen LogP contribution in [0.4, 0.5) is 0 Å². The number of hydrogen-bond donors (Lipinski definition) is 0. The molecule has 1 saturated heterocycles. The van der Waals surface area contributed by atoms with E-state index >= 15 is 0 Å². The van der Waals surface area contributed by atoms with Crippen LogP contribution in [0.2, 0.25) is 0 Å². The van der Waals surface area contributed by atoms with Crippen molar-refractivity contribution in [3.63, 3.8) is 0 Å². The number of fused-ring (bicyclic) bond motifs is 1. The Kier molecular flexibility index (Phi) is 5.46. The Labute approximate surface area is 180 Å². The van der Waals surface area contributed by atoms with Crippen molar-refractivity contribution in [3.05, 3.63) is 66.0 Å². The van der Waals surface area contributed by atoms with Crippen LogP contribution in [0.25, 0.3) is 17.0 Å². The second kappa shape index (κ2) is 8.20. The quantitative estimate of drug-likeness (QED) is 0.448. The van der Waals surface area contributed by atoms with Crippen LogP contribution in [-0.2, 0) is 11.3 Å². The summed E-state index contributed by atoms with van der Waals surface area (Å²) in [5.74, 6) is 1.33. The van der Waals surface area contributed by atoms with Crippen molar-refractivity contribution in [3.8, 4) is 11.5 Å². The van der Waals surface area contributed by atoms with E-state index in [1.165, 1.54) is 4.90 Å². The van der Waals surface area contributed by atoms with Crippen LogP contribution in [0.3, 0.4) is 0 Å². The lowest BCUT2D eigenvalue weighted by Crippen LogP contribution is -2.26. The number of para-hydroxylation sites is 3. The zero-order valence-electron chi connectivity index (χ0n) is 17.2. The molecule has 0 radical (unpaired) electrons. The average molecular weight is 422 g/mol. The summed E-state index contributed by atoms with van der Waals surface area (Å²) >= 11 is 5.32. The van der Waals surface area contributed by atoms with Crippen LogP contribution >= 0.6 is 12.2 Å². The molecule has 0 atom stereocenters. The van der Waals surface area contributed by atoms with E-state index in [4.69, 9.17) is 21.7 Å². The Bertz CT molecular complexity index is 1150. The summed E-state index contributed by atoms with van der Waals surface area (Å²) in [5.41, 5.74) is 2.61. The zero-order chi connectivity index (χ0) is 21.3. The molecule has 30 heavy (non-hydrogen) atoms. The largest absolute Gasteiger partial charge is 0.493 e. The standard InChI is InChI=1S/C23H23N3O3S/c1-24-19(22(27)25(2)23(24)30)14-16-15-26(18-9-5-4-8-17(16)18)12-13-29-21-11-7-6-10-20(21)28-3/h4-11,14-15H,12-13H2,1-3H3/b19-14-. The minimum atomic E-state index is -0.0983. The van der Waals surface area contributed by atoms with Gasteiger partial charge >= 0.3 is 0 Å². The highest BCUT2D eigenvalue weighted by molar-refractivity contribution is 7.80. The van der Waals surface area contributed by atoms with Crippen LogP contribution in [0, 0.1) is 0 Å². The summed E-state index contributed by atoms with van der Waals surface area (Å²) < 4.78 is 13.4. The molecule has 0 unspecified atom stereocenters. The second-order valence-corrected chi connectivity index (χ2v) is 7.39. The lowest BCUT2D eigenvalue weighted by Gasteiger charge is -2.11. The highest BCUT2D eigenvalue weighted by atomic mass is 32.1. The molecular formula is C23H23N3O3S. The number of hydrogen-bond acceptors (Lipinski definition) is 4. The van der Waals surface area contributed by atoms with E-state index in [1.807, 2.05) is 55.7 Å². The first-order valence-corrected chi connectivity index (χ1v) is 10.0. The van der Waals surface area contributed by atoms with E-state index in [9.17, 15) is 4.79 Å². The van der Waals surface area contributed by atoms with Gasteiger partial charge in [0.25, 0.3) is 5.91 Å². The monoisotopic (exact) mass is 421 g/mol. The summed E-state index contributed by atoms with van der Waals surface area (Å²) in [5, 5.41) is 1.57. The summed E-state index contributed by atoms with van der Waals surface area (Å²) in [6.45, 7) is 1.14. The molecule has 1 aliphatic rings. The van der Waals surface area contributed by atoms with Gasteiger partial charge in [-0.15, -0.1) is 0 Å². The van der Waals surface area contributed by atoms with Gasteiger partial charge in [0.2, 0.25) is 0 Å². The number of aromatic nitrogens is 1. The molecule has 0 bridgehead atoms. The molecule has 2 aromatic carbocycles. The normalized spacial score (nSPS) is 15.5. The Balaban J connectivity index is 1.61. The minimum absolute atomic E-state index is 0.0983. The third kappa shape index (κ3) is 3.52. The Morgan fingerprint density at radius 3 is 2.40 bits per heavy atom. The van der Waals surface area contributed by atoms with Gasteiger partial charge in [-0.25, -0.2) is 0 Å². The van der Waals surface area contributed by atoms with E-state index in [0.717, 1.165) is 16.5 Å². The SMILES string of the molecule is COc1ccccc1OCCn1cc(/C=C2/C(=O)N(C)C(=S)N2C)c2ccccc21. The van der Waals surface area contributed by atoms with Gasteiger partial charge in [0.05, 0.1) is 13.7 Å². The molecule has 4 rings (SSSR count). The lowest BCUT2D eigenvalue weighted by molar-refractivity contribution is -0.121. The molecule has 0 aliphatic carbocycles. The third-order valence-electron chi connectivity index (χ3n) is 5.23. The van der Waals surface area contributed by atoms with E-state index in [2.05, 4.69) is 16.7 Å². The number of methoxy groups -OCH3 is 1. The van der Waals surface area contributed by atoms with Crippen LogP contribution < -0.4 is 9.47 Å². The smallest absolute Gasteiger partial charge is 0.276 e. The molecule has 1 aromatic heterocycles. The number of rotatable bonds is 6. The lowest BCUT2D eigenvalue weighted by atomic mass is 10.1. The predicted octanol–water partition coefficient (Wildman–Crippen LogP) is 3.76. The molecule has 1 aliphatic heterocycles. The third-order valence-corrected chi connectivity index (χ3v) is 5.78. The van der Waals surface area contributed by atoms with Crippen molar-refractivity contribution >= 4 is 40.2 Å². The number of thiocarbonyl (C=S) groups is 1. The van der Waals surface area contributed by atoms with E-state index < -0.39 is 0 Å². The average Bonchev–Trinajstić information content (AvgIpc) is 3.21. The van der Waals surface area contributed by atoms with Crippen molar-refractivity contribution in [1.29, 1.82) is 0 Å². The van der Waals surface area contributed by atoms with Crippen LogP contribution in [-0.4, -0.2) is 53.2 Å². The van der Waals surface area contributed by atoms with Crippen LogP contribution in [0.15, 0.2) is 60.4 Å². The predicted molar refractivity (Wildman–Crippen MR) is 122 cm³/mol. The van der Waals surface area contributed by atoms with Gasteiger partial charge in [-0.3, -0.25) is 9.69 Å². The van der Waals surface area contributed by atoms with Gasteiger partial charge in [-0.05, 0) is 36.5 Å². The van der Waals surface area contributed by atoms with Crippen molar-refractivity contribution in [2.75, 3.05) is 27.8 Å². The summed E-state index contributed by atoms with van der Waals surface area (Å²) in [4.78, 5) is 15.8. The number of carbonyl (C=O) groups excluding carboxylic acids is 1. The van der Waals surface area contributed by atoms with Crippen molar-refractivity contribution in [1.82, 2.24) is 14.4 Å². The number of ether oxygens (including phenoxy) is 2. The van der Waals surface area contributed by atoms with E-state index in [-0.39, 0.29) is 5.91 Å². The molecule has 7 heteroatoms. The first-order chi connectivity index (χ1) is 14.5. The van der Waals surface area contributed by atoms with Gasteiger partial charge < -0.3 is 18.9 Å². The maximum absolute atomic E-state index is 12.6. The van der Waals surface area contributed by atoms with Crippen molar-refractivity contribution in [2.24, 2.45) is 0 Å². The minimum Gasteiger partial charge on any atom is -0.493 e. The van der Waals surface area contributed by atoms with Crippen LogP contribution in [0.5, 0.6) is 11.5 Å². The second-order valence-electron chi connectivity index (χ2n) is 7.03. The maximum Gasteiger partial charge on any atom is 0.276 e. The van der Waals surface area contributed by atoms with Gasteiger partial charge in [0.15, 0.2) is 16.6 Å². The summed E-state index contributed by atoms with van der Waals surface area (Å²) in [6.07, 6.45) is 3.95. The summed E-state index contributed by atoms with van der Waals surface area (Å²) in [7, 11) is 5.14. The first kappa shape index (κ1) is 20.0. The van der Waals surface area contributed by atoms with Crippen molar-refractivity contribution in [2.45, 2.75) is 6.54 Å². The molecule has 1 fully saturated rings. The van der Waals surface area contributed by atoms with Crippen LogP contribution in [0.1, 0.15) is 5.56 Å². The zero-order valence-corrected chi connectivity index (χ0v) is 18.0. The molecule has 1 amide bonds. The van der Waals surface area contributed by atoms with Gasteiger partial charge in [0.1, 0.15) is 12.3 Å². The number of amides is 1. The van der Waals surface area contributed by atoms with Crippen molar-refractivity contribution < 1.29 is 14.3 Å². The molecule has 154 valence electrons. The number of nitrogens with zero attached hydrogens (tertiary/aromatic N) is 3. The fourth-order valence-electron chi connectivity index (χ4n) is 3.60. The summed E-state index contributed by atoms with van der Waals surface area (Å²) in [6, 6.07) is 15.7. The van der Waals surface area contributed by atoms with Gasteiger partial charge in [-0.2, -0.15) is 0 Å². The molecule has 3 aromatic rings. The molecule has 0 saturated carbocycles. The maximum atomic E-state index is 12.6. The first-order valence-electron chi connectivity index (χ1n) is 9.62. The molecule has 6 nitrogen and oxygen atoms in total. The highest BCUT2D eigenvalue weighted by Crippen LogP contribution is 2.28. The Morgan fingerprint density at radius 2 is 1.70 bits per heavy atom. The number of benzene rings is 2. The van der Waals surface area contributed by atoms with Gasteiger partial charge in [0, 0.05) is 36.8 Å². The highest BCUT2D eigenvalue weighted by Gasteiger charge is 2.32. The molecule has 2 heterocycles. The van der Waals surface area contributed by atoms with E-state index in [1.54, 1.807) is 19.1 Å². The number of likely N-dealkylation sites (N-methyl/N-ethyl adjacent to an activating group) is 2. The molecule has 0 spiro atoms. The fourth-order valence-corrected chi connectivity index (χ4v) is 3.78. The Hall–Kier alpha value is -3.32. The van der Waals surface area contributed by atoms with Gasteiger partial charge in [-0.1, -0.05) is 30.3 Å².